The Morgan fingerprint density at radius 3 is 2.71 bits per heavy atom. The summed E-state index contributed by atoms with van der Waals surface area (Å²) in [5.74, 6) is 1.47. The summed E-state index contributed by atoms with van der Waals surface area (Å²) < 4.78 is 5.37. The first-order chi connectivity index (χ1) is 18.4. The number of methoxy groups -OCH3 is 1. The average molecular weight is 578 g/mol. The van der Waals surface area contributed by atoms with Crippen molar-refractivity contribution in [2.24, 2.45) is 11.8 Å². The van der Waals surface area contributed by atoms with Crippen LogP contribution in [-0.4, -0.2) is 58.6 Å². The van der Waals surface area contributed by atoms with Gasteiger partial charge in [-0.05, 0) is 86.0 Å². The Hall–Kier alpha value is -2.03. The van der Waals surface area contributed by atoms with Gasteiger partial charge in [-0.15, -0.1) is 11.8 Å². The number of fused-ring (bicyclic) bond motifs is 1. The van der Waals surface area contributed by atoms with E-state index in [0.29, 0.717) is 28.8 Å². The molecule has 9 heteroatoms. The highest BCUT2D eigenvalue weighted by molar-refractivity contribution is 7.99. The van der Waals surface area contributed by atoms with Gasteiger partial charge in [0.1, 0.15) is 5.75 Å². The van der Waals surface area contributed by atoms with Gasteiger partial charge in [-0.3, -0.25) is 9.78 Å². The first-order valence-corrected chi connectivity index (χ1v) is 14.7. The minimum absolute atomic E-state index is 0.163. The zero-order valence-electron chi connectivity index (χ0n) is 21.5. The largest absolute Gasteiger partial charge is 0.497 e. The highest BCUT2D eigenvalue weighted by atomic mass is 35.5. The number of thioether (sulfide) groups is 1. The molecule has 1 saturated heterocycles. The van der Waals surface area contributed by atoms with E-state index in [2.05, 4.69) is 9.88 Å². The minimum atomic E-state index is -0.762. The third kappa shape index (κ3) is 7.54. The second-order valence-electron chi connectivity index (χ2n) is 9.82. The smallest absolute Gasteiger partial charge is 0.303 e. The molecule has 0 saturated carbocycles. The number of hydrogen-bond donors (Lipinski definition) is 2. The summed E-state index contributed by atoms with van der Waals surface area (Å²) in [7, 11) is 1.63. The number of benzene rings is 2. The number of aliphatic hydroxyl groups excluding tert-OH is 1. The Kier molecular flexibility index (Phi) is 10.6. The average Bonchev–Trinajstić information content (AvgIpc) is 2.92. The first-order valence-electron chi connectivity index (χ1n) is 13.0. The molecule has 1 unspecified atom stereocenters. The van der Waals surface area contributed by atoms with Gasteiger partial charge in [-0.2, -0.15) is 0 Å². The van der Waals surface area contributed by atoms with Crippen LogP contribution in [0.2, 0.25) is 10.0 Å². The Morgan fingerprint density at radius 2 is 1.97 bits per heavy atom. The van der Waals surface area contributed by atoms with Gasteiger partial charge in [0.2, 0.25) is 0 Å². The van der Waals surface area contributed by atoms with E-state index in [1.807, 2.05) is 42.5 Å². The molecule has 1 aliphatic heterocycles. The second kappa shape index (κ2) is 13.9. The number of carboxylic acids is 1. The molecule has 2 aromatic carbocycles. The van der Waals surface area contributed by atoms with Crippen molar-refractivity contribution in [3.05, 3.63) is 64.3 Å². The van der Waals surface area contributed by atoms with Crippen molar-refractivity contribution in [2.75, 3.05) is 32.5 Å². The summed E-state index contributed by atoms with van der Waals surface area (Å²) in [6, 6.07) is 13.1. The van der Waals surface area contributed by atoms with E-state index in [-0.39, 0.29) is 12.3 Å². The number of aliphatic hydroxyl groups is 1. The van der Waals surface area contributed by atoms with Gasteiger partial charge in [-0.1, -0.05) is 29.3 Å². The molecule has 38 heavy (non-hydrogen) atoms. The number of likely N-dealkylation sites (tertiary alicyclic amines) is 1. The standard InChI is InChI=1S/C29H34Cl2N2O4S/c1-37-21-7-8-26-23(17-21)22(11-13-32-26)27(34)9-5-19-12-14-33(18-20(19)6-10-28(35)36)15-16-38-29-24(30)3-2-4-25(29)31/h2-4,7-8,11,13,17,19-20,27,34H,5-6,9-10,12,14-16,18H2,1H3,(H,35,36)/t19-,20+,27?/m1/s1. The van der Waals surface area contributed by atoms with Crippen LogP contribution in [0.3, 0.4) is 0 Å². The molecule has 6 nitrogen and oxygen atoms in total. The molecule has 0 amide bonds. The number of aromatic nitrogens is 1. The Bertz CT molecular complexity index is 1220. The van der Waals surface area contributed by atoms with Gasteiger partial charge in [-0.25, -0.2) is 0 Å². The van der Waals surface area contributed by atoms with Crippen LogP contribution in [-0.2, 0) is 4.79 Å². The number of carboxylic acid groups (broad SMARTS) is 1. The Morgan fingerprint density at radius 1 is 1.18 bits per heavy atom. The number of aliphatic carboxylic acids is 1. The zero-order chi connectivity index (χ0) is 27.1. The third-order valence-electron chi connectivity index (χ3n) is 7.43. The lowest BCUT2D eigenvalue weighted by molar-refractivity contribution is -0.137. The Labute approximate surface area is 238 Å². The molecule has 2 heterocycles. The molecule has 1 aliphatic rings. The molecule has 0 spiro atoms. The van der Waals surface area contributed by atoms with E-state index in [1.54, 1.807) is 25.1 Å². The van der Waals surface area contributed by atoms with E-state index < -0.39 is 12.1 Å². The molecule has 0 radical (unpaired) electrons. The molecule has 0 aliphatic carbocycles. The zero-order valence-corrected chi connectivity index (χ0v) is 23.8. The van der Waals surface area contributed by atoms with E-state index in [1.165, 1.54) is 0 Å². The van der Waals surface area contributed by atoms with Crippen LogP contribution in [0.25, 0.3) is 10.9 Å². The van der Waals surface area contributed by atoms with Crippen LogP contribution in [0.15, 0.2) is 53.6 Å². The van der Waals surface area contributed by atoms with E-state index in [9.17, 15) is 15.0 Å². The summed E-state index contributed by atoms with van der Waals surface area (Å²) in [5.41, 5.74) is 1.68. The molecule has 3 aromatic rings. The lowest BCUT2D eigenvalue weighted by Gasteiger charge is -2.39. The van der Waals surface area contributed by atoms with Crippen molar-refractivity contribution in [3.63, 3.8) is 0 Å². The molecule has 0 bridgehead atoms. The normalized spacial score (nSPS) is 18.9. The maximum Gasteiger partial charge on any atom is 0.303 e. The fourth-order valence-electron chi connectivity index (χ4n) is 5.36. The van der Waals surface area contributed by atoms with Crippen molar-refractivity contribution in [1.29, 1.82) is 0 Å². The summed E-state index contributed by atoms with van der Waals surface area (Å²) >= 11 is 14.3. The quantitative estimate of drug-likeness (QED) is 0.225. The SMILES string of the molecule is COc1ccc2nccc(C(O)CC[C@@H]3CCN(CCSc4c(Cl)cccc4Cl)C[C@@H]3CCC(=O)O)c2c1. The number of piperidine rings is 1. The van der Waals surface area contributed by atoms with Crippen LogP contribution in [0.4, 0.5) is 0 Å². The molecule has 1 aromatic heterocycles. The minimum Gasteiger partial charge on any atom is -0.497 e. The molecular weight excluding hydrogens is 543 g/mol. The molecule has 4 rings (SSSR count). The van der Waals surface area contributed by atoms with E-state index in [0.717, 1.165) is 65.3 Å². The molecule has 3 atom stereocenters. The molecule has 1 fully saturated rings. The Balaban J connectivity index is 1.36. The highest BCUT2D eigenvalue weighted by Crippen LogP contribution is 2.37. The highest BCUT2D eigenvalue weighted by Gasteiger charge is 2.30. The van der Waals surface area contributed by atoms with Gasteiger partial charge in [0, 0.05) is 41.7 Å². The number of pyridine rings is 1. The fraction of sp³-hybridized carbons (Fsp3) is 0.448. The number of hydrogen-bond acceptors (Lipinski definition) is 6. The van der Waals surface area contributed by atoms with Crippen molar-refractivity contribution in [1.82, 2.24) is 9.88 Å². The first kappa shape index (κ1) is 29.0. The second-order valence-corrected chi connectivity index (χ2v) is 11.7. The lowest BCUT2D eigenvalue weighted by atomic mass is 9.79. The summed E-state index contributed by atoms with van der Waals surface area (Å²) in [5, 5.41) is 22.7. The maximum atomic E-state index is 11.4. The summed E-state index contributed by atoms with van der Waals surface area (Å²) in [6.45, 7) is 2.70. The van der Waals surface area contributed by atoms with Gasteiger partial charge in [0.05, 0.1) is 28.8 Å². The molecular formula is C29H34Cl2N2O4S. The fourth-order valence-corrected chi connectivity index (χ4v) is 7.05. The van der Waals surface area contributed by atoms with Crippen molar-refractivity contribution >= 4 is 51.8 Å². The van der Waals surface area contributed by atoms with Crippen LogP contribution in [0, 0.1) is 11.8 Å². The van der Waals surface area contributed by atoms with Gasteiger partial charge < -0.3 is 19.8 Å². The molecule has 2 N–H and O–H groups in total. The number of nitrogens with zero attached hydrogens (tertiary/aromatic N) is 2. The van der Waals surface area contributed by atoms with Gasteiger partial charge in [0.25, 0.3) is 0 Å². The van der Waals surface area contributed by atoms with E-state index in [4.69, 9.17) is 27.9 Å². The third-order valence-corrected chi connectivity index (χ3v) is 9.40. The van der Waals surface area contributed by atoms with Crippen molar-refractivity contribution in [2.45, 2.75) is 43.1 Å². The van der Waals surface area contributed by atoms with Crippen LogP contribution in [0.1, 0.15) is 43.8 Å². The maximum absolute atomic E-state index is 11.4. The summed E-state index contributed by atoms with van der Waals surface area (Å²) in [4.78, 5) is 19.1. The number of carbonyl (C=O) groups is 1. The topological polar surface area (TPSA) is 82.9 Å². The van der Waals surface area contributed by atoms with Crippen LogP contribution in [0.5, 0.6) is 5.75 Å². The van der Waals surface area contributed by atoms with Crippen LogP contribution >= 0.6 is 35.0 Å². The van der Waals surface area contributed by atoms with Gasteiger partial charge >= 0.3 is 5.97 Å². The predicted octanol–water partition coefficient (Wildman–Crippen LogP) is 6.96. The van der Waals surface area contributed by atoms with E-state index >= 15 is 0 Å². The number of halogens is 2. The summed E-state index contributed by atoms with van der Waals surface area (Å²) in [6.07, 6.45) is 4.36. The number of ether oxygens (including phenoxy) is 1. The van der Waals surface area contributed by atoms with Crippen molar-refractivity contribution < 1.29 is 19.7 Å². The van der Waals surface area contributed by atoms with Gasteiger partial charge in [0.15, 0.2) is 0 Å². The lowest BCUT2D eigenvalue weighted by Crippen LogP contribution is -2.41. The van der Waals surface area contributed by atoms with Crippen molar-refractivity contribution in [3.8, 4) is 5.75 Å². The monoisotopic (exact) mass is 576 g/mol. The predicted molar refractivity (Wildman–Crippen MR) is 155 cm³/mol. The molecule has 204 valence electrons. The van der Waals surface area contributed by atoms with Crippen LogP contribution < -0.4 is 4.74 Å². The number of rotatable bonds is 12.